The second kappa shape index (κ2) is 6.01. The highest BCUT2D eigenvalue weighted by Crippen LogP contribution is 2.21. The lowest BCUT2D eigenvalue weighted by Gasteiger charge is -2.11. The third kappa shape index (κ3) is 3.32. The van der Waals surface area contributed by atoms with E-state index in [4.69, 9.17) is 5.26 Å². The summed E-state index contributed by atoms with van der Waals surface area (Å²) in [7, 11) is 0. The largest absolute Gasteiger partial charge is 0.369 e. The van der Waals surface area contributed by atoms with Gasteiger partial charge in [-0.2, -0.15) is 5.26 Å². The van der Waals surface area contributed by atoms with Crippen molar-refractivity contribution in [3.05, 3.63) is 48.0 Å². The number of nitriles is 1. The monoisotopic (exact) mass is 251 g/mol. The molecule has 2 aromatic rings. The molecular formula is C16H17N3. The molecular weight excluding hydrogens is 234 g/mol. The van der Waals surface area contributed by atoms with Crippen LogP contribution in [0.25, 0.3) is 11.3 Å². The van der Waals surface area contributed by atoms with Crippen molar-refractivity contribution in [3.8, 4) is 17.3 Å². The highest BCUT2D eigenvalue weighted by Gasteiger charge is 2.07. The summed E-state index contributed by atoms with van der Waals surface area (Å²) in [4.78, 5) is 4.55. The van der Waals surface area contributed by atoms with E-state index in [1.165, 1.54) is 0 Å². The van der Waals surface area contributed by atoms with Gasteiger partial charge < -0.3 is 5.32 Å². The van der Waals surface area contributed by atoms with Crippen LogP contribution in [0.4, 0.5) is 5.82 Å². The second-order valence-electron chi connectivity index (χ2n) is 4.85. The number of rotatable bonds is 4. The first-order valence-corrected chi connectivity index (χ1v) is 6.41. The Labute approximate surface area is 113 Å². The van der Waals surface area contributed by atoms with Crippen LogP contribution in [0, 0.1) is 17.2 Å². The van der Waals surface area contributed by atoms with Gasteiger partial charge in [0.25, 0.3) is 0 Å². The minimum atomic E-state index is 0.508. The summed E-state index contributed by atoms with van der Waals surface area (Å²) in [5, 5.41) is 12.4. The molecule has 19 heavy (non-hydrogen) atoms. The molecule has 0 aliphatic heterocycles. The standard InChI is InChI=1S/C16H17N3/c1-12(2)11-18-16-14(10-17)8-9-15(19-16)13-6-4-3-5-7-13/h3-9,12H,11H2,1-2H3,(H,18,19). The number of aromatic nitrogens is 1. The second-order valence-corrected chi connectivity index (χ2v) is 4.85. The number of anilines is 1. The predicted molar refractivity (Wildman–Crippen MR) is 77.7 cm³/mol. The van der Waals surface area contributed by atoms with Gasteiger partial charge in [0.1, 0.15) is 11.9 Å². The van der Waals surface area contributed by atoms with Crippen molar-refractivity contribution < 1.29 is 0 Å². The lowest BCUT2D eigenvalue weighted by atomic mass is 10.1. The number of benzene rings is 1. The van der Waals surface area contributed by atoms with Gasteiger partial charge in [-0.05, 0) is 18.1 Å². The highest BCUT2D eigenvalue weighted by atomic mass is 15.0. The van der Waals surface area contributed by atoms with Crippen molar-refractivity contribution in [1.29, 1.82) is 5.26 Å². The summed E-state index contributed by atoms with van der Waals surface area (Å²) in [5.74, 6) is 1.17. The molecule has 0 aliphatic carbocycles. The lowest BCUT2D eigenvalue weighted by molar-refractivity contribution is 0.687. The number of nitrogens with zero attached hydrogens (tertiary/aromatic N) is 2. The van der Waals surface area contributed by atoms with E-state index in [1.54, 1.807) is 0 Å². The molecule has 3 heteroatoms. The molecule has 1 heterocycles. The van der Waals surface area contributed by atoms with Gasteiger partial charge in [-0.3, -0.25) is 0 Å². The molecule has 1 aromatic heterocycles. The van der Waals surface area contributed by atoms with Gasteiger partial charge in [-0.15, -0.1) is 0 Å². The van der Waals surface area contributed by atoms with E-state index < -0.39 is 0 Å². The van der Waals surface area contributed by atoms with Gasteiger partial charge in [-0.25, -0.2) is 4.98 Å². The molecule has 0 saturated heterocycles. The Hall–Kier alpha value is -2.34. The summed E-state index contributed by atoms with van der Waals surface area (Å²) in [6.45, 7) is 5.06. The quantitative estimate of drug-likeness (QED) is 0.901. The van der Waals surface area contributed by atoms with Crippen LogP contribution in [0.3, 0.4) is 0 Å². The zero-order valence-electron chi connectivity index (χ0n) is 11.2. The summed E-state index contributed by atoms with van der Waals surface area (Å²) >= 11 is 0. The zero-order chi connectivity index (χ0) is 13.7. The Morgan fingerprint density at radius 3 is 2.53 bits per heavy atom. The van der Waals surface area contributed by atoms with Crippen molar-refractivity contribution in [1.82, 2.24) is 4.98 Å². The Morgan fingerprint density at radius 1 is 1.16 bits per heavy atom. The molecule has 0 spiro atoms. The summed E-state index contributed by atoms with van der Waals surface area (Å²) in [5.41, 5.74) is 2.52. The Morgan fingerprint density at radius 2 is 1.89 bits per heavy atom. The Balaban J connectivity index is 2.33. The Bertz CT molecular complexity index is 583. The number of nitrogens with one attached hydrogen (secondary N) is 1. The van der Waals surface area contributed by atoms with Crippen LogP contribution in [-0.2, 0) is 0 Å². The molecule has 0 amide bonds. The SMILES string of the molecule is CC(C)CNc1nc(-c2ccccc2)ccc1C#N. The van der Waals surface area contributed by atoms with E-state index >= 15 is 0 Å². The zero-order valence-corrected chi connectivity index (χ0v) is 11.2. The van der Waals surface area contributed by atoms with Gasteiger partial charge >= 0.3 is 0 Å². The average Bonchev–Trinajstić information content (AvgIpc) is 2.45. The third-order valence-electron chi connectivity index (χ3n) is 2.76. The minimum Gasteiger partial charge on any atom is -0.369 e. The molecule has 0 fully saturated rings. The molecule has 3 nitrogen and oxygen atoms in total. The lowest BCUT2D eigenvalue weighted by Crippen LogP contribution is -2.10. The maximum Gasteiger partial charge on any atom is 0.144 e. The van der Waals surface area contributed by atoms with E-state index in [0.29, 0.717) is 17.3 Å². The van der Waals surface area contributed by atoms with Crippen molar-refractivity contribution in [2.75, 3.05) is 11.9 Å². The van der Waals surface area contributed by atoms with Crippen LogP contribution in [0.1, 0.15) is 19.4 Å². The van der Waals surface area contributed by atoms with Crippen LogP contribution >= 0.6 is 0 Å². The number of hydrogen-bond acceptors (Lipinski definition) is 3. The van der Waals surface area contributed by atoms with Crippen LogP contribution in [-0.4, -0.2) is 11.5 Å². The van der Waals surface area contributed by atoms with E-state index in [0.717, 1.165) is 17.8 Å². The van der Waals surface area contributed by atoms with Crippen LogP contribution in [0.15, 0.2) is 42.5 Å². The Kier molecular flexibility index (Phi) is 4.15. The summed E-state index contributed by atoms with van der Waals surface area (Å²) < 4.78 is 0. The molecule has 1 aromatic carbocycles. The maximum atomic E-state index is 9.12. The topological polar surface area (TPSA) is 48.7 Å². The number of hydrogen-bond donors (Lipinski definition) is 1. The van der Waals surface area contributed by atoms with Crippen LogP contribution in [0.5, 0.6) is 0 Å². The molecule has 0 bridgehead atoms. The molecule has 0 atom stereocenters. The van der Waals surface area contributed by atoms with E-state index in [1.807, 2.05) is 42.5 Å². The van der Waals surface area contributed by atoms with Gasteiger partial charge in [0.2, 0.25) is 0 Å². The third-order valence-corrected chi connectivity index (χ3v) is 2.76. The van der Waals surface area contributed by atoms with Gasteiger partial charge in [0.05, 0.1) is 11.3 Å². The fraction of sp³-hybridized carbons (Fsp3) is 0.250. The molecule has 0 unspecified atom stereocenters. The van der Waals surface area contributed by atoms with Crippen LogP contribution < -0.4 is 5.32 Å². The first-order chi connectivity index (χ1) is 9.20. The average molecular weight is 251 g/mol. The molecule has 0 saturated carbocycles. The van der Waals surface area contributed by atoms with Crippen molar-refractivity contribution in [2.45, 2.75) is 13.8 Å². The molecule has 0 radical (unpaired) electrons. The summed E-state index contributed by atoms with van der Waals surface area (Å²) in [6.07, 6.45) is 0. The first kappa shape index (κ1) is 13.1. The highest BCUT2D eigenvalue weighted by molar-refractivity contribution is 5.64. The molecule has 2 rings (SSSR count). The predicted octanol–water partition coefficient (Wildman–Crippen LogP) is 3.69. The number of pyridine rings is 1. The fourth-order valence-corrected chi connectivity index (χ4v) is 1.75. The normalized spacial score (nSPS) is 10.2. The summed E-state index contributed by atoms with van der Waals surface area (Å²) in [6, 6.07) is 15.8. The smallest absolute Gasteiger partial charge is 0.144 e. The molecule has 0 aliphatic rings. The van der Waals surface area contributed by atoms with E-state index in [9.17, 15) is 0 Å². The van der Waals surface area contributed by atoms with Gasteiger partial charge in [0.15, 0.2) is 0 Å². The fourth-order valence-electron chi connectivity index (χ4n) is 1.75. The van der Waals surface area contributed by atoms with Gasteiger partial charge in [-0.1, -0.05) is 44.2 Å². The molecule has 1 N–H and O–H groups in total. The van der Waals surface area contributed by atoms with Crippen LogP contribution in [0.2, 0.25) is 0 Å². The first-order valence-electron chi connectivity index (χ1n) is 6.41. The van der Waals surface area contributed by atoms with Gasteiger partial charge in [0, 0.05) is 12.1 Å². The minimum absolute atomic E-state index is 0.508. The van der Waals surface area contributed by atoms with E-state index in [2.05, 4.69) is 30.2 Å². The maximum absolute atomic E-state index is 9.12. The van der Waals surface area contributed by atoms with Crippen molar-refractivity contribution in [2.24, 2.45) is 5.92 Å². The van der Waals surface area contributed by atoms with E-state index in [-0.39, 0.29) is 0 Å². The van der Waals surface area contributed by atoms with Crippen molar-refractivity contribution >= 4 is 5.82 Å². The molecule has 96 valence electrons. The van der Waals surface area contributed by atoms with Crippen molar-refractivity contribution in [3.63, 3.8) is 0 Å².